The molecule has 1 fully saturated rings. The number of nitrogens with zero attached hydrogens (tertiary/aromatic N) is 2. The third kappa shape index (κ3) is 4.05. The summed E-state index contributed by atoms with van der Waals surface area (Å²) in [4.78, 5) is 37.2. The van der Waals surface area contributed by atoms with E-state index in [2.05, 4.69) is 5.32 Å². The second kappa shape index (κ2) is 6.88. The van der Waals surface area contributed by atoms with Crippen molar-refractivity contribution < 1.29 is 14.4 Å². The second-order valence-electron chi connectivity index (χ2n) is 5.01. The Hall–Kier alpha value is -2.37. The number of anilines is 1. The minimum atomic E-state index is 0.0104. The first-order valence-corrected chi connectivity index (χ1v) is 6.92. The summed E-state index contributed by atoms with van der Waals surface area (Å²) in [5.74, 6) is 0.0295. The summed E-state index contributed by atoms with van der Waals surface area (Å²) in [6.07, 6.45) is 0.816. The highest BCUT2D eigenvalue weighted by atomic mass is 16.2. The summed E-state index contributed by atoms with van der Waals surface area (Å²) in [7, 11) is 0. The van der Waals surface area contributed by atoms with Crippen LogP contribution >= 0.6 is 0 Å². The van der Waals surface area contributed by atoms with E-state index in [9.17, 15) is 14.4 Å². The van der Waals surface area contributed by atoms with Gasteiger partial charge in [0.1, 0.15) is 0 Å². The van der Waals surface area contributed by atoms with E-state index >= 15 is 0 Å². The number of rotatable bonds is 5. The summed E-state index contributed by atoms with van der Waals surface area (Å²) in [6.45, 7) is 4.04. The molecule has 1 heterocycles. The number of nitrogens with one attached hydrogen (secondary N) is 1. The lowest BCUT2D eigenvalue weighted by Crippen LogP contribution is -2.49. The number of carbonyl (C=O) groups excluding carboxylic acids is 3. The molecule has 2 amide bonds. The lowest BCUT2D eigenvalue weighted by atomic mass is 10.1. The zero-order chi connectivity index (χ0) is 15.2. The Bertz CT molecular complexity index is 519. The molecule has 0 spiro atoms. The predicted molar refractivity (Wildman–Crippen MR) is 79.2 cm³/mol. The van der Waals surface area contributed by atoms with Crippen LogP contribution in [0, 0.1) is 0 Å². The van der Waals surface area contributed by atoms with Crippen LogP contribution in [0.1, 0.15) is 17.3 Å². The number of benzene rings is 1. The molecule has 1 aliphatic rings. The van der Waals surface area contributed by atoms with E-state index in [0.29, 0.717) is 31.7 Å². The van der Waals surface area contributed by atoms with Crippen LogP contribution in [0.3, 0.4) is 0 Å². The molecule has 0 atom stereocenters. The molecule has 21 heavy (non-hydrogen) atoms. The molecule has 0 aliphatic carbocycles. The molecule has 1 aromatic rings. The van der Waals surface area contributed by atoms with E-state index in [-0.39, 0.29) is 18.2 Å². The van der Waals surface area contributed by atoms with Gasteiger partial charge in [0.05, 0.1) is 6.54 Å². The smallest absolute Gasteiger partial charge is 0.241 e. The van der Waals surface area contributed by atoms with Gasteiger partial charge < -0.3 is 15.1 Å². The first kappa shape index (κ1) is 15.0. The highest BCUT2D eigenvalue weighted by Crippen LogP contribution is 2.10. The van der Waals surface area contributed by atoms with Gasteiger partial charge in [-0.1, -0.05) is 0 Å². The van der Waals surface area contributed by atoms with Gasteiger partial charge in [0.25, 0.3) is 0 Å². The minimum Gasteiger partial charge on any atom is -0.376 e. The summed E-state index contributed by atoms with van der Waals surface area (Å²) < 4.78 is 0. The number of hydrogen-bond acceptors (Lipinski definition) is 4. The quantitative estimate of drug-likeness (QED) is 0.636. The number of amides is 2. The van der Waals surface area contributed by atoms with Crippen molar-refractivity contribution in [1.82, 2.24) is 9.80 Å². The van der Waals surface area contributed by atoms with Crippen molar-refractivity contribution >= 4 is 23.8 Å². The summed E-state index contributed by atoms with van der Waals surface area (Å²) in [6, 6.07) is 7.04. The van der Waals surface area contributed by atoms with Crippen LogP contribution in [-0.4, -0.2) is 60.6 Å². The van der Waals surface area contributed by atoms with E-state index in [1.54, 1.807) is 34.1 Å². The van der Waals surface area contributed by atoms with Gasteiger partial charge in [-0.05, 0) is 31.2 Å². The molecule has 1 aliphatic heterocycles. The largest absolute Gasteiger partial charge is 0.376 e. The number of Topliss-reactive ketones (excluding diaryl/α,β-unsaturated/α-hetero) is 1. The maximum absolute atomic E-state index is 12.0. The van der Waals surface area contributed by atoms with Gasteiger partial charge in [-0.2, -0.15) is 0 Å². The van der Waals surface area contributed by atoms with Crippen molar-refractivity contribution in [3.8, 4) is 0 Å². The number of piperazine rings is 1. The average molecular weight is 289 g/mol. The third-order valence-corrected chi connectivity index (χ3v) is 3.55. The molecule has 6 heteroatoms. The third-order valence-electron chi connectivity index (χ3n) is 3.55. The van der Waals surface area contributed by atoms with Gasteiger partial charge in [-0.3, -0.25) is 14.4 Å². The molecule has 2 rings (SSSR count). The first-order chi connectivity index (χ1) is 10.1. The van der Waals surface area contributed by atoms with Gasteiger partial charge in [0.15, 0.2) is 5.78 Å². The number of hydrogen-bond donors (Lipinski definition) is 1. The van der Waals surface area contributed by atoms with Crippen molar-refractivity contribution in [3.63, 3.8) is 0 Å². The van der Waals surface area contributed by atoms with E-state index in [4.69, 9.17) is 0 Å². The Morgan fingerprint density at radius 2 is 1.76 bits per heavy atom. The average Bonchev–Trinajstić information content (AvgIpc) is 2.53. The molecule has 0 aromatic heterocycles. The van der Waals surface area contributed by atoms with Crippen LogP contribution in [0.5, 0.6) is 0 Å². The van der Waals surface area contributed by atoms with Crippen LogP contribution in [0.25, 0.3) is 0 Å². The van der Waals surface area contributed by atoms with E-state index in [1.165, 1.54) is 6.92 Å². The minimum absolute atomic E-state index is 0.0104. The molecular formula is C15H19N3O3. The van der Waals surface area contributed by atoms with E-state index in [0.717, 1.165) is 12.1 Å². The van der Waals surface area contributed by atoms with Gasteiger partial charge in [0, 0.05) is 37.4 Å². The molecule has 1 N–H and O–H groups in total. The molecule has 0 unspecified atom stereocenters. The molecule has 112 valence electrons. The maximum Gasteiger partial charge on any atom is 0.241 e. The normalized spacial score (nSPS) is 14.7. The van der Waals surface area contributed by atoms with Crippen molar-refractivity contribution in [1.29, 1.82) is 0 Å². The van der Waals surface area contributed by atoms with Crippen LogP contribution in [0.4, 0.5) is 5.69 Å². The molecule has 0 radical (unpaired) electrons. The highest BCUT2D eigenvalue weighted by molar-refractivity contribution is 5.94. The SMILES string of the molecule is CC(=O)c1ccc(NCC(=O)N2CCN(C=O)CC2)cc1. The summed E-state index contributed by atoms with van der Waals surface area (Å²) in [5, 5.41) is 3.05. The number of carbonyl (C=O) groups is 3. The fourth-order valence-electron chi connectivity index (χ4n) is 2.19. The van der Waals surface area contributed by atoms with Gasteiger partial charge in [-0.15, -0.1) is 0 Å². The molecule has 0 bridgehead atoms. The molecule has 1 aromatic carbocycles. The second-order valence-corrected chi connectivity index (χ2v) is 5.01. The summed E-state index contributed by atoms with van der Waals surface area (Å²) in [5.41, 5.74) is 1.46. The topological polar surface area (TPSA) is 69.7 Å². The number of ketones is 1. The van der Waals surface area contributed by atoms with Crippen molar-refractivity contribution in [2.24, 2.45) is 0 Å². The Morgan fingerprint density at radius 3 is 2.29 bits per heavy atom. The van der Waals surface area contributed by atoms with Gasteiger partial charge >= 0.3 is 0 Å². The fourth-order valence-corrected chi connectivity index (χ4v) is 2.19. The Labute approximate surface area is 123 Å². The van der Waals surface area contributed by atoms with Gasteiger partial charge in [-0.25, -0.2) is 0 Å². The van der Waals surface area contributed by atoms with Crippen LogP contribution in [0.2, 0.25) is 0 Å². The zero-order valence-corrected chi connectivity index (χ0v) is 12.0. The van der Waals surface area contributed by atoms with Crippen LogP contribution < -0.4 is 5.32 Å². The lowest BCUT2D eigenvalue weighted by molar-refractivity contribution is -0.133. The fraction of sp³-hybridized carbons (Fsp3) is 0.400. The Kier molecular flexibility index (Phi) is 4.92. The van der Waals surface area contributed by atoms with E-state index in [1.807, 2.05) is 0 Å². The Morgan fingerprint density at radius 1 is 1.14 bits per heavy atom. The predicted octanol–water partition coefficient (Wildman–Crippen LogP) is 0.602. The van der Waals surface area contributed by atoms with Crippen LogP contribution in [0.15, 0.2) is 24.3 Å². The Balaban J connectivity index is 1.81. The monoisotopic (exact) mass is 289 g/mol. The zero-order valence-electron chi connectivity index (χ0n) is 12.0. The molecule has 0 saturated carbocycles. The summed E-state index contributed by atoms with van der Waals surface area (Å²) >= 11 is 0. The highest BCUT2D eigenvalue weighted by Gasteiger charge is 2.19. The van der Waals surface area contributed by atoms with Crippen LogP contribution in [-0.2, 0) is 9.59 Å². The van der Waals surface area contributed by atoms with Crippen molar-refractivity contribution in [2.45, 2.75) is 6.92 Å². The van der Waals surface area contributed by atoms with Crippen molar-refractivity contribution in [3.05, 3.63) is 29.8 Å². The molecule has 1 saturated heterocycles. The first-order valence-electron chi connectivity index (χ1n) is 6.92. The van der Waals surface area contributed by atoms with Crippen molar-refractivity contribution in [2.75, 3.05) is 38.0 Å². The van der Waals surface area contributed by atoms with Gasteiger partial charge in [0.2, 0.25) is 12.3 Å². The molecule has 6 nitrogen and oxygen atoms in total. The van der Waals surface area contributed by atoms with E-state index < -0.39 is 0 Å². The lowest BCUT2D eigenvalue weighted by Gasteiger charge is -2.32. The standard InChI is InChI=1S/C15H19N3O3/c1-12(20)13-2-4-14(5-3-13)16-10-15(21)18-8-6-17(11-19)7-9-18/h2-5,11,16H,6-10H2,1H3. The maximum atomic E-state index is 12.0. The molecular weight excluding hydrogens is 270 g/mol.